The van der Waals surface area contributed by atoms with Crippen molar-refractivity contribution in [2.45, 2.75) is 39.2 Å². The molecule has 1 amide bonds. The number of likely N-dealkylation sites (tertiary alicyclic amines) is 1. The van der Waals surface area contributed by atoms with Crippen LogP contribution in [0.3, 0.4) is 0 Å². The van der Waals surface area contributed by atoms with E-state index in [0.717, 1.165) is 35.1 Å². The van der Waals surface area contributed by atoms with E-state index in [4.69, 9.17) is 0 Å². The van der Waals surface area contributed by atoms with Crippen LogP contribution in [0.25, 0.3) is 11.1 Å². The van der Waals surface area contributed by atoms with Gasteiger partial charge in [0.2, 0.25) is 0 Å². The molecule has 0 aliphatic carbocycles. The van der Waals surface area contributed by atoms with Gasteiger partial charge in [0, 0.05) is 25.2 Å². The molecule has 30 heavy (non-hydrogen) atoms. The molecule has 0 unspecified atom stereocenters. The van der Waals surface area contributed by atoms with Crippen LogP contribution in [0, 0.1) is 6.92 Å². The Morgan fingerprint density at radius 1 is 1.13 bits per heavy atom. The molecule has 2 heterocycles. The number of hydrogen-bond donors (Lipinski definition) is 1. The third-order valence-electron chi connectivity index (χ3n) is 6.07. The standard InChI is InChI=1S/C26H28N2O2/c1-3-19-6-4-5-7-23(19)20-9-10-24(22(14-20)17-29)21-12-13-28(16-21)26(30)25-11-8-18(2)15-27-25/h4-11,14-15,21,29H,3,12-13,16-17H2,1-2H3/t21-/m1/s1. The van der Waals surface area contributed by atoms with Gasteiger partial charge in [-0.15, -0.1) is 0 Å². The third-order valence-corrected chi connectivity index (χ3v) is 6.07. The minimum atomic E-state index is -0.0171. The van der Waals surface area contributed by atoms with E-state index < -0.39 is 0 Å². The molecule has 4 rings (SSSR count). The first-order valence-electron chi connectivity index (χ1n) is 10.6. The number of aliphatic hydroxyl groups excluding tert-OH is 1. The van der Waals surface area contributed by atoms with Gasteiger partial charge in [0.25, 0.3) is 5.91 Å². The Kier molecular flexibility index (Phi) is 5.96. The molecule has 1 aliphatic rings. The summed E-state index contributed by atoms with van der Waals surface area (Å²) in [7, 11) is 0. The summed E-state index contributed by atoms with van der Waals surface area (Å²) in [4.78, 5) is 19.0. The van der Waals surface area contributed by atoms with Crippen LogP contribution in [-0.2, 0) is 13.0 Å². The molecule has 1 fully saturated rings. The highest BCUT2D eigenvalue weighted by molar-refractivity contribution is 5.92. The number of amides is 1. The number of hydrogen-bond acceptors (Lipinski definition) is 3. The van der Waals surface area contributed by atoms with Crippen LogP contribution in [0.15, 0.2) is 60.8 Å². The Morgan fingerprint density at radius 3 is 2.70 bits per heavy atom. The molecular weight excluding hydrogens is 372 g/mol. The zero-order valence-electron chi connectivity index (χ0n) is 17.6. The van der Waals surface area contributed by atoms with Crippen LogP contribution < -0.4 is 0 Å². The van der Waals surface area contributed by atoms with Crippen molar-refractivity contribution in [3.8, 4) is 11.1 Å². The molecule has 0 spiro atoms. The second-order valence-electron chi connectivity index (χ2n) is 8.04. The minimum absolute atomic E-state index is 0.00142. The number of carbonyl (C=O) groups excluding carboxylic acids is 1. The second-order valence-corrected chi connectivity index (χ2v) is 8.04. The Morgan fingerprint density at radius 2 is 1.97 bits per heavy atom. The maximum atomic E-state index is 12.8. The molecule has 0 radical (unpaired) electrons. The van der Waals surface area contributed by atoms with Crippen molar-refractivity contribution < 1.29 is 9.90 Å². The van der Waals surface area contributed by atoms with Crippen molar-refractivity contribution in [1.82, 2.24) is 9.88 Å². The third kappa shape index (κ3) is 4.01. The second kappa shape index (κ2) is 8.80. The number of aryl methyl sites for hydroxylation is 2. The van der Waals surface area contributed by atoms with Crippen molar-refractivity contribution in [3.63, 3.8) is 0 Å². The van der Waals surface area contributed by atoms with Gasteiger partial charge < -0.3 is 10.0 Å². The summed E-state index contributed by atoms with van der Waals surface area (Å²) in [5.74, 6) is 0.216. The van der Waals surface area contributed by atoms with E-state index in [9.17, 15) is 9.90 Å². The van der Waals surface area contributed by atoms with E-state index in [2.05, 4.69) is 54.4 Å². The van der Waals surface area contributed by atoms with E-state index >= 15 is 0 Å². The van der Waals surface area contributed by atoms with Crippen molar-refractivity contribution in [2.75, 3.05) is 13.1 Å². The number of rotatable bonds is 5. The van der Waals surface area contributed by atoms with Gasteiger partial charge in [0.05, 0.1) is 6.61 Å². The summed E-state index contributed by atoms with van der Waals surface area (Å²) in [5.41, 5.74) is 7.29. The molecule has 3 aromatic rings. The average Bonchev–Trinajstić information content (AvgIpc) is 3.28. The van der Waals surface area contributed by atoms with Crippen LogP contribution >= 0.6 is 0 Å². The topological polar surface area (TPSA) is 53.4 Å². The summed E-state index contributed by atoms with van der Waals surface area (Å²) in [6.45, 7) is 5.50. The number of aliphatic hydroxyl groups is 1. The molecule has 4 heteroatoms. The lowest BCUT2D eigenvalue weighted by molar-refractivity contribution is 0.0785. The zero-order valence-corrected chi connectivity index (χ0v) is 17.6. The van der Waals surface area contributed by atoms with E-state index in [-0.39, 0.29) is 18.4 Å². The number of benzene rings is 2. The molecule has 2 aromatic carbocycles. The molecule has 1 atom stereocenters. The van der Waals surface area contributed by atoms with E-state index in [1.165, 1.54) is 11.1 Å². The Bertz CT molecular complexity index is 1040. The maximum absolute atomic E-state index is 12.8. The summed E-state index contributed by atoms with van der Waals surface area (Å²) in [6.07, 6.45) is 3.60. The first-order chi connectivity index (χ1) is 14.6. The van der Waals surface area contributed by atoms with Crippen LogP contribution in [0.4, 0.5) is 0 Å². The number of carbonyl (C=O) groups is 1. The Labute approximate surface area is 178 Å². The van der Waals surface area contributed by atoms with Gasteiger partial charge >= 0.3 is 0 Å². The largest absolute Gasteiger partial charge is 0.392 e. The predicted octanol–water partition coefficient (Wildman–Crippen LogP) is 4.74. The van der Waals surface area contributed by atoms with Gasteiger partial charge in [-0.2, -0.15) is 0 Å². The van der Waals surface area contributed by atoms with E-state index in [0.29, 0.717) is 18.8 Å². The van der Waals surface area contributed by atoms with Crippen LogP contribution in [0.2, 0.25) is 0 Å². The number of pyridine rings is 1. The van der Waals surface area contributed by atoms with Gasteiger partial charge in [-0.3, -0.25) is 9.78 Å². The van der Waals surface area contributed by atoms with Gasteiger partial charge in [0.1, 0.15) is 5.69 Å². The molecular formula is C26H28N2O2. The van der Waals surface area contributed by atoms with Gasteiger partial charge in [0.15, 0.2) is 0 Å². The van der Waals surface area contributed by atoms with Crippen LogP contribution in [0.5, 0.6) is 0 Å². The zero-order chi connectivity index (χ0) is 21.1. The monoisotopic (exact) mass is 400 g/mol. The predicted molar refractivity (Wildman–Crippen MR) is 119 cm³/mol. The minimum Gasteiger partial charge on any atom is -0.392 e. The van der Waals surface area contributed by atoms with Crippen molar-refractivity contribution in [1.29, 1.82) is 0 Å². The summed E-state index contributed by atoms with van der Waals surface area (Å²) < 4.78 is 0. The van der Waals surface area contributed by atoms with Gasteiger partial charge in [-0.05, 0) is 65.3 Å². The normalized spacial score (nSPS) is 16.1. The van der Waals surface area contributed by atoms with E-state index in [1.54, 1.807) is 12.3 Å². The molecule has 0 bridgehead atoms. The first-order valence-corrected chi connectivity index (χ1v) is 10.6. The molecule has 1 aromatic heterocycles. The summed E-state index contributed by atoms with van der Waals surface area (Å²) in [6, 6.07) is 18.5. The Hall–Kier alpha value is -2.98. The highest BCUT2D eigenvalue weighted by atomic mass is 16.3. The lowest BCUT2D eigenvalue weighted by atomic mass is 9.89. The van der Waals surface area contributed by atoms with E-state index in [1.807, 2.05) is 17.9 Å². The summed E-state index contributed by atoms with van der Waals surface area (Å²) in [5, 5.41) is 10.1. The van der Waals surface area contributed by atoms with Gasteiger partial charge in [-0.25, -0.2) is 0 Å². The first kappa shape index (κ1) is 20.3. The van der Waals surface area contributed by atoms with Crippen molar-refractivity contribution in [2.24, 2.45) is 0 Å². The molecule has 4 nitrogen and oxygen atoms in total. The SMILES string of the molecule is CCc1ccccc1-c1ccc([C@@H]2CCN(C(=O)c3ccc(C)cn3)C2)c(CO)c1. The number of nitrogens with zero attached hydrogens (tertiary/aromatic N) is 2. The molecule has 1 aliphatic heterocycles. The Balaban J connectivity index is 1.56. The van der Waals surface area contributed by atoms with Crippen molar-refractivity contribution in [3.05, 3.63) is 88.7 Å². The smallest absolute Gasteiger partial charge is 0.272 e. The lowest BCUT2D eigenvalue weighted by Gasteiger charge is -2.19. The van der Waals surface area contributed by atoms with Crippen LogP contribution in [-0.4, -0.2) is 34.0 Å². The van der Waals surface area contributed by atoms with Crippen LogP contribution in [0.1, 0.15) is 52.0 Å². The lowest BCUT2D eigenvalue weighted by Crippen LogP contribution is -2.29. The quantitative estimate of drug-likeness (QED) is 0.673. The fourth-order valence-corrected chi connectivity index (χ4v) is 4.37. The highest BCUT2D eigenvalue weighted by Gasteiger charge is 2.29. The molecule has 154 valence electrons. The maximum Gasteiger partial charge on any atom is 0.272 e. The molecule has 0 saturated carbocycles. The molecule has 1 saturated heterocycles. The fourth-order valence-electron chi connectivity index (χ4n) is 4.37. The summed E-state index contributed by atoms with van der Waals surface area (Å²) >= 11 is 0. The molecule has 1 N–H and O–H groups in total. The number of aromatic nitrogens is 1. The fraction of sp³-hybridized carbons (Fsp3) is 0.308. The average molecular weight is 401 g/mol. The van der Waals surface area contributed by atoms with Crippen molar-refractivity contribution >= 4 is 5.91 Å². The van der Waals surface area contributed by atoms with Gasteiger partial charge in [-0.1, -0.05) is 49.4 Å². The highest BCUT2D eigenvalue weighted by Crippen LogP contribution is 2.34.